The molecule has 2 amide bonds. The molecule has 4 atom stereocenters. The Labute approximate surface area is 189 Å². The highest BCUT2D eigenvalue weighted by molar-refractivity contribution is 5.76. The van der Waals surface area contributed by atoms with Gasteiger partial charge in [0.15, 0.2) is 0 Å². The van der Waals surface area contributed by atoms with E-state index >= 15 is 0 Å². The van der Waals surface area contributed by atoms with Gasteiger partial charge in [-0.15, -0.1) is 0 Å². The summed E-state index contributed by atoms with van der Waals surface area (Å²) < 4.78 is 7.20. The lowest BCUT2D eigenvalue weighted by molar-refractivity contribution is -0.121. The highest BCUT2D eigenvalue weighted by Crippen LogP contribution is 2.48. The average Bonchev–Trinajstić information content (AvgIpc) is 2.92. The molecule has 0 unspecified atom stereocenters. The first kappa shape index (κ1) is 24.3. The molecule has 0 spiro atoms. The van der Waals surface area contributed by atoms with Crippen molar-refractivity contribution in [3.63, 3.8) is 0 Å². The van der Waals surface area contributed by atoms with Gasteiger partial charge in [-0.05, 0) is 46.1 Å². The Hall–Kier alpha value is -2.35. The Morgan fingerprint density at radius 3 is 2.66 bits per heavy atom. The van der Waals surface area contributed by atoms with E-state index < -0.39 is 23.2 Å². The molecule has 1 aliphatic carbocycles. The minimum atomic E-state index is -0.629. The van der Waals surface area contributed by atoms with Crippen LogP contribution in [0.3, 0.4) is 0 Å². The van der Waals surface area contributed by atoms with Gasteiger partial charge in [0, 0.05) is 43.2 Å². The van der Waals surface area contributed by atoms with Gasteiger partial charge in [0.1, 0.15) is 5.60 Å². The summed E-state index contributed by atoms with van der Waals surface area (Å²) in [6, 6.07) is 4.51. The summed E-state index contributed by atoms with van der Waals surface area (Å²) in [7, 11) is 0. The van der Waals surface area contributed by atoms with E-state index in [1.54, 1.807) is 23.2 Å². The number of fused-ring (bicyclic) bond motifs is 1. The third-order valence-corrected chi connectivity index (χ3v) is 6.75. The fraction of sp³-hybridized carbons (Fsp3) is 0.708. The predicted molar refractivity (Wildman–Crippen MR) is 121 cm³/mol. The van der Waals surface area contributed by atoms with E-state index in [2.05, 4.69) is 12.2 Å². The number of nitrogens with zero attached hydrogens (tertiary/aromatic N) is 2. The summed E-state index contributed by atoms with van der Waals surface area (Å²) in [5, 5.41) is 13.8. The van der Waals surface area contributed by atoms with E-state index in [9.17, 15) is 19.5 Å². The molecule has 2 heterocycles. The van der Waals surface area contributed by atoms with Crippen molar-refractivity contribution in [2.45, 2.75) is 96.6 Å². The summed E-state index contributed by atoms with van der Waals surface area (Å²) >= 11 is 0. The summed E-state index contributed by atoms with van der Waals surface area (Å²) in [6.45, 7) is 8.15. The molecule has 8 nitrogen and oxygen atoms in total. The zero-order valence-electron chi connectivity index (χ0n) is 19.7. The number of hydrogen-bond donors (Lipinski definition) is 2. The summed E-state index contributed by atoms with van der Waals surface area (Å²) in [5.74, 6) is -0.178. The molecule has 2 aliphatic rings. The third-order valence-electron chi connectivity index (χ3n) is 6.75. The standard InChI is InChI=1S/C24H37N3O5/c1-23(2,3)32-22(31)27-17(15-24(4)18(27)9-5-6-10-19(24)28)16-25-20(29)12-14-26-13-8-7-11-21(26)30/h7-8,11,13,17-19,28H,5-6,9-10,12,14-16H2,1-4H3,(H,25,29)/t17-,18-,19+,24-/m1/s1. The van der Waals surface area contributed by atoms with Gasteiger partial charge in [0.25, 0.3) is 5.56 Å². The number of rotatable bonds is 5. The number of amides is 2. The molecule has 1 saturated carbocycles. The SMILES string of the molecule is CC(C)(C)OC(=O)N1[C@@H](CNC(=O)CCn2ccccc2=O)C[C@@]2(C)[C@@H](O)CCCC[C@@H]12. The van der Waals surface area contributed by atoms with Gasteiger partial charge in [-0.25, -0.2) is 4.79 Å². The molecule has 32 heavy (non-hydrogen) atoms. The lowest BCUT2D eigenvalue weighted by Gasteiger charge is -2.37. The van der Waals surface area contributed by atoms with Crippen LogP contribution < -0.4 is 10.9 Å². The molecular formula is C24H37N3O5. The number of hydrogen-bond acceptors (Lipinski definition) is 5. The lowest BCUT2D eigenvalue weighted by atomic mass is 9.75. The van der Waals surface area contributed by atoms with Crippen LogP contribution in [0.4, 0.5) is 4.79 Å². The quantitative estimate of drug-likeness (QED) is 0.723. The van der Waals surface area contributed by atoms with Crippen molar-refractivity contribution in [2.24, 2.45) is 5.41 Å². The van der Waals surface area contributed by atoms with Crippen LogP contribution in [0.15, 0.2) is 29.2 Å². The predicted octanol–water partition coefficient (Wildman–Crippen LogP) is 2.67. The monoisotopic (exact) mass is 447 g/mol. The second kappa shape index (κ2) is 9.65. The van der Waals surface area contributed by atoms with Gasteiger partial charge in [0.05, 0.1) is 12.1 Å². The molecule has 2 fully saturated rings. The van der Waals surface area contributed by atoms with Gasteiger partial charge < -0.3 is 19.7 Å². The van der Waals surface area contributed by atoms with Gasteiger partial charge in [-0.1, -0.05) is 25.8 Å². The second-order valence-corrected chi connectivity index (χ2v) is 10.4. The van der Waals surface area contributed by atoms with Crippen molar-refractivity contribution in [3.05, 3.63) is 34.7 Å². The Balaban J connectivity index is 1.69. The molecule has 1 saturated heterocycles. The lowest BCUT2D eigenvalue weighted by Crippen LogP contribution is -2.50. The fourth-order valence-electron chi connectivity index (χ4n) is 5.10. The molecule has 3 rings (SSSR count). The maximum Gasteiger partial charge on any atom is 0.410 e. The number of aromatic nitrogens is 1. The van der Waals surface area contributed by atoms with E-state index in [1.807, 2.05) is 20.8 Å². The Kier molecular flexibility index (Phi) is 7.32. The van der Waals surface area contributed by atoms with Crippen LogP contribution in [0.5, 0.6) is 0 Å². The van der Waals surface area contributed by atoms with Crippen LogP contribution in [-0.2, 0) is 16.1 Å². The Morgan fingerprint density at radius 2 is 1.97 bits per heavy atom. The number of ether oxygens (including phenoxy) is 1. The van der Waals surface area contributed by atoms with Crippen molar-refractivity contribution in [1.82, 2.24) is 14.8 Å². The van der Waals surface area contributed by atoms with E-state index in [4.69, 9.17) is 4.74 Å². The maximum absolute atomic E-state index is 13.2. The first-order valence-electron chi connectivity index (χ1n) is 11.6. The molecule has 0 aromatic carbocycles. The van der Waals surface area contributed by atoms with Crippen molar-refractivity contribution in [3.8, 4) is 0 Å². The molecule has 1 aliphatic heterocycles. The minimum Gasteiger partial charge on any atom is -0.444 e. The Bertz CT molecular complexity index is 877. The molecular weight excluding hydrogens is 410 g/mol. The van der Waals surface area contributed by atoms with Crippen LogP contribution in [0, 0.1) is 5.41 Å². The number of aliphatic hydroxyl groups is 1. The van der Waals surface area contributed by atoms with Gasteiger partial charge in [-0.3, -0.25) is 14.5 Å². The summed E-state index contributed by atoms with van der Waals surface area (Å²) in [4.78, 5) is 39.2. The van der Waals surface area contributed by atoms with Crippen molar-refractivity contribution >= 4 is 12.0 Å². The maximum atomic E-state index is 13.2. The first-order valence-corrected chi connectivity index (χ1v) is 11.6. The molecule has 0 bridgehead atoms. The zero-order valence-corrected chi connectivity index (χ0v) is 19.7. The van der Waals surface area contributed by atoms with Gasteiger partial charge in [-0.2, -0.15) is 0 Å². The van der Waals surface area contributed by atoms with Gasteiger partial charge in [0.2, 0.25) is 5.91 Å². The molecule has 2 N–H and O–H groups in total. The highest BCUT2D eigenvalue weighted by Gasteiger charge is 2.55. The van der Waals surface area contributed by atoms with Crippen molar-refractivity contribution < 1.29 is 19.4 Å². The van der Waals surface area contributed by atoms with Crippen LogP contribution in [0.25, 0.3) is 0 Å². The molecule has 0 radical (unpaired) electrons. The van der Waals surface area contributed by atoms with E-state index in [-0.39, 0.29) is 30.0 Å². The number of likely N-dealkylation sites (tertiary alicyclic amines) is 1. The molecule has 1 aromatic heterocycles. The molecule has 1 aromatic rings. The number of nitrogens with one attached hydrogen (secondary N) is 1. The minimum absolute atomic E-state index is 0.125. The van der Waals surface area contributed by atoms with Crippen molar-refractivity contribution in [1.29, 1.82) is 0 Å². The number of aryl methyl sites for hydroxylation is 1. The van der Waals surface area contributed by atoms with E-state index in [0.29, 0.717) is 19.5 Å². The second-order valence-electron chi connectivity index (χ2n) is 10.4. The van der Waals surface area contributed by atoms with Crippen LogP contribution in [0.2, 0.25) is 0 Å². The normalized spacial score (nSPS) is 28.0. The molecule has 178 valence electrons. The largest absolute Gasteiger partial charge is 0.444 e. The fourth-order valence-corrected chi connectivity index (χ4v) is 5.10. The van der Waals surface area contributed by atoms with Crippen LogP contribution in [-0.4, -0.2) is 56.9 Å². The van der Waals surface area contributed by atoms with Crippen LogP contribution in [0.1, 0.15) is 66.2 Å². The third kappa shape index (κ3) is 5.52. The average molecular weight is 448 g/mol. The topological polar surface area (TPSA) is 101 Å². The van der Waals surface area contributed by atoms with Gasteiger partial charge >= 0.3 is 6.09 Å². The molecule has 8 heteroatoms. The number of aliphatic hydroxyl groups excluding tert-OH is 1. The zero-order chi connectivity index (χ0) is 23.5. The first-order chi connectivity index (χ1) is 15.0. The van der Waals surface area contributed by atoms with Crippen LogP contribution >= 0.6 is 0 Å². The number of carbonyl (C=O) groups is 2. The highest BCUT2D eigenvalue weighted by atomic mass is 16.6. The number of carbonyl (C=O) groups excluding carboxylic acids is 2. The smallest absolute Gasteiger partial charge is 0.410 e. The Morgan fingerprint density at radius 1 is 1.25 bits per heavy atom. The van der Waals surface area contributed by atoms with E-state index in [1.165, 1.54) is 10.6 Å². The van der Waals surface area contributed by atoms with E-state index in [0.717, 1.165) is 25.7 Å². The number of pyridine rings is 1. The summed E-state index contributed by atoms with van der Waals surface area (Å²) in [5.41, 5.74) is -1.20. The van der Waals surface area contributed by atoms with Crippen molar-refractivity contribution in [2.75, 3.05) is 6.54 Å². The summed E-state index contributed by atoms with van der Waals surface area (Å²) in [6.07, 6.45) is 4.97.